The van der Waals surface area contributed by atoms with Crippen LogP contribution in [0.1, 0.15) is 25.3 Å². The first-order valence-electron chi connectivity index (χ1n) is 9.09. The summed E-state index contributed by atoms with van der Waals surface area (Å²) in [5.41, 5.74) is 1.44. The number of aliphatic imine (C=N–C) groups is 1. The molecule has 1 spiro atoms. The third-order valence-corrected chi connectivity index (χ3v) is 5.51. The van der Waals surface area contributed by atoms with Crippen molar-refractivity contribution in [2.24, 2.45) is 10.4 Å². The Balaban J connectivity index is 1.61. The van der Waals surface area contributed by atoms with Gasteiger partial charge in [-0.2, -0.15) is 0 Å². The number of benzene rings is 1. The maximum atomic E-state index is 6.33. The Morgan fingerprint density at radius 3 is 3.00 bits per heavy atom. The van der Waals surface area contributed by atoms with Crippen molar-refractivity contribution in [3.63, 3.8) is 0 Å². The van der Waals surface area contributed by atoms with Crippen molar-refractivity contribution in [2.75, 3.05) is 46.5 Å². The van der Waals surface area contributed by atoms with Crippen LogP contribution in [-0.4, -0.2) is 57.4 Å². The number of methoxy groups -OCH3 is 1. The lowest BCUT2D eigenvalue weighted by atomic mass is 9.87. The summed E-state index contributed by atoms with van der Waals surface area (Å²) in [5.74, 6) is 1.79. The van der Waals surface area contributed by atoms with E-state index in [1.54, 1.807) is 7.11 Å². The van der Waals surface area contributed by atoms with Gasteiger partial charge >= 0.3 is 0 Å². The smallest absolute Gasteiger partial charge is 0.193 e. The van der Waals surface area contributed by atoms with Crippen molar-refractivity contribution in [1.29, 1.82) is 0 Å². The van der Waals surface area contributed by atoms with E-state index in [4.69, 9.17) is 26.1 Å². The van der Waals surface area contributed by atoms with Crippen molar-refractivity contribution in [1.82, 2.24) is 10.2 Å². The summed E-state index contributed by atoms with van der Waals surface area (Å²) in [6.45, 7) is 7.60. The molecule has 0 aromatic heterocycles. The molecule has 25 heavy (non-hydrogen) atoms. The van der Waals surface area contributed by atoms with Gasteiger partial charge in [-0.3, -0.25) is 4.99 Å². The Morgan fingerprint density at radius 1 is 1.44 bits per heavy atom. The largest absolute Gasteiger partial charge is 0.497 e. The van der Waals surface area contributed by atoms with Gasteiger partial charge in [-0.1, -0.05) is 17.7 Å². The van der Waals surface area contributed by atoms with Crippen LogP contribution in [0.15, 0.2) is 23.2 Å². The third-order valence-electron chi connectivity index (χ3n) is 5.16. The van der Waals surface area contributed by atoms with Gasteiger partial charge in [-0.15, -0.1) is 0 Å². The highest BCUT2D eigenvalue weighted by atomic mass is 35.5. The van der Waals surface area contributed by atoms with Gasteiger partial charge in [0.2, 0.25) is 0 Å². The van der Waals surface area contributed by atoms with Gasteiger partial charge in [0.1, 0.15) is 5.75 Å². The molecule has 0 bridgehead atoms. The van der Waals surface area contributed by atoms with Crippen molar-refractivity contribution in [3.05, 3.63) is 28.8 Å². The van der Waals surface area contributed by atoms with E-state index in [0.717, 1.165) is 61.6 Å². The fraction of sp³-hybridized carbons (Fsp3) is 0.632. The highest BCUT2D eigenvalue weighted by Crippen LogP contribution is 2.38. The number of nitrogens with zero attached hydrogens (tertiary/aromatic N) is 2. The highest BCUT2D eigenvalue weighted by molar-refractivity contribution is 6.31. The van der Waals surface area contributed by atoms with E-state index < -0.39 is 0 Å². The summed E-state index contributed by atoms with van der Waals surface area (Å²) in [6, 6.07) is 5.82. The number of guanidine groups is 1. The summed E-state index contributed by atoms with van der Waals surface area (Å²) < 4.78 is 10.8. The Hall–Kier alpha value is -1.46. The van der Waals surface area contributed by atoms with E-state index >= 15 is 0 Å². The molecule has 1 aromatic carbocycles. The molecule has 2 fully saturated rings. The van der Waals surface area contributed by atoms with Crippen LogP contribution in [0.3, 0.4) is 0 Å². The quantitative estimate of drug-likeness (QED) is 0.643. The van der Waals surface area contributed by atoms with E-state index in [-0.39, 0.29) is 0 Å². The summed E-state index contributed by atoms with van der Waals surface area (Å²) in [6.07, 6.45) is 3.19. The average Bonchev–Trinajstić information content (AvgIpc) is 3.25. The summed E-state index contributed by atoms with van der Waals surface area (Å²) in [4.78, 5) is 7.21. The molecule has 5 nitrogen and oxygen atoms in total. The van der Waals surface area contributed by atoms with Gasteiger partial charge in [0, 0.05) is 43.2 Å². The minimum Gasteiger partial charge on any atom is -0.497 e. The van der Waals surface area contributed by atoms with Gasteiger partial charge < -0.3 is 19.7 Å². The standard InChI is InChI=1S/C19H28ClN3O2/c1-3-21-18(23-10-7-19(13-23)8-11-25-14-19)22-9-6-15-4-5-16(24-2)12-17(15)20/h4-5,12H,3,6-11,13-14H2,1-2H3,(H,21,22). The molecule has 1 aromatic rings. The second-order valence-electron chi connectivity index (χ2n) is 6.92. The predicted octanol–water partition coefficient (Wildman–Crippen LogP) is 2.97. The molecule has 2 aliphatic rings. The third kappa shape index (κ3) is 4.39. The molecule has 2 saturated heterocycles. The lowest BCUT2D eigenvalue weighted by Crippen LogP contribution is -2.41. The molecule has 0 amide bonds. The number of hydrogen-bond acceptors (Lipinski definition) is 3. The zero-order chi connectivity index (χ0) is 17.7. The van der Waals surface area contributed by atoms with Crippen LogP contribution >= 0.6 is 11.6 Å². The lowest BCUT2D eigenvalue weighted by Gasteiger charge is -2.25. The van der Waals surface area contributed by atoms with Crippen molar-refractivity contribution in [2.45, 2.75) is 26.2 Å². The van der Waals surface area contributed by atoms with Crippen molar-refractivity contribution in [3.8, 4) is 5.75 Å². The maximum absolute atomic E-state index is 6.33. The Kier molecular flexibility index (Phi) is 6.07. The molecule has 1 atom stereocenters. The van der Waals surface area contributed by atoms with Crippen LogP contribution in [0.5, 0.6) is 5.75 Å². The minimum absolute atomic E-state index is 0.343. The second kappa shape index (κ2) is 8.28. The van der Waals surface area contributed by atoms with Crippen LogP contribution in [0.2, 0.25) is 5.02 Å². The van der Waals surface area contributed by atoms with E-state index in [0.29, 0.717) is 12.0 Å². The summed E-state index contributed by atoms with van der Waals surface area (Å²) >= 11 is 6.33. The highest BCUT2D eigenvalue weighted by Gasteiger charge is 2.42. The normalized spacial score (nSPS) is 23.5. The Morgan fingerprint density at radius 2 is 2.32 bits per heavy atom. The molecule has 1 unspecified atom stereocenters. The van der Waals surface area contributed by atoms with E-state index in [9.17, 15) is 0 Å². The molecule has 1 N–H and O–H groups in total. The summed E-state index contributed by atoms with van der Waals surface area (Å²) in [7, 11) is 1.65. The molecule has 0 radical (unpaired) electrons. The maximum Gasteiger partial charge on any atom is 0.193 e. The molecule has 0 aliphatic carbocycles. The second-order valence-corrected chi connectivity index (χ2v) is 7.32. The van der Waals surface area contributed by atoms with Crippen LogP contribution in [0, 0.1) is 5.41 Å². The first-order valence-corrected chi connectivity index (χ1v) is 9.47. The Labute approximate surface area is 155 Å². The number of ether oxygens (including phenoxy) is 2. The van der Waals surface area contributed by atoms with Crippen LogP contribution in [0.25, 0.3) is 0 Å². The minimum atomic E-state index is 0.343. The van der Waals surface area contributed by atoms with Crippen molar-refractivity contribution >= 4 is 17.6 Å². The number of halogens is 1. The predicted molar refractivity (Wildman–Crippen MR) is 102 cm³/mol. The zero-order valence-electron chi connectivity index (χ0n) is 15.2. The molecule has 2 heterocycles. The fourth-order valence-electron chi connectivity index (χ4n) is 3.65. The molecule has 6 heteroatoms. The molecule has 138 valence electrons. The number of rotatable bonds is 5. The van der Waals surface area contributed by atoms with Gasteiger partial charge in [0.25, 0.3) is 0 Å². The molecular formula is C19H28ClN3O2. The first-order chi connectivity index (χ1) is 12.2. The Bertz CT molecular complexity index is 615. The van der Waals surface area contributed by atoms with E-state index in [1.165, 1.54) is 12.8 Å². The van der Waals surface area contributed by atoms with Crippen LogP contribution < -0.4 is 10.1 Å². The summed E-state index contributed by atoms with van der Waals surface area (Å²) in [5, 5.41) is 4.17. The number of nitrogens with one attached hydrogen (secondary N) is 1. The van der Waals surface area contributed by atoms with Gasteiger partial charge in [-0.05, 0) is 43.9 Å². The average molecular weight is 366 g/mol. The number of likely N-dealkylation sites (tertiary alicyclic amines) is 1. The van der Waals surface area contributed by atoms with Gasteiger partial charge in [0.15, 0.2) is 5.96 Å². The molecule has 2 aliphatic heterocycles. The van der Waals surface area contributed by atoms with Gasteiger partial charge in [-0.25, -0.2) is 0 Å². The van der Waals surface area contributed by atoms with Gasteiger partial charge in [0.05, 0.1) is 13.7 Å². The molecule has 3 rings (SSSR count). The number of hydrogen-bond donors (Lipinski definition) is 1. The molecular weight excluding hydrogens is 338 g/mol. The fourth-order valence-corrected chi connectivity index (χ4v) is 3.92. The van der Waals surface area contributed by atoms with E-state index in [2.05, 4.69) is 17.1 Å². The first kappa shape index (κ1) is 18.3. The SMILES string of the molecule is CCNC(=NCCc1ccc(OC)cc1Cl)N1CCC2(CCOC2)C1. The lowest BCUT2D eigenvalue weighted by molar-refractivity contribution is 0.156. The zero-order valence-corrected chi connectivity index (χ0v) is 15.9. The topological polar surface area (TPSA) is 46.1 Å². The monoisotopic (exact) mass is 365 g/mol. The molecule has 0 saturated carbocycles. The van der Waals surface area contributed by atoms with Crippen LogP contribution in [-0.2, 0) is 11.2 Å². The van der Waals surface area contributed by atoms with E-state index in [1.807, 2.05) is 18.2 Å². The van der Waals surface area contributed by atoms with Crippen LogP contribution in [0.4, 0.5) is 0 Å². The van der Waals surface area contributed by atoms with Crippen molar-refractivity contribution < 1.29 is 9.47 Å².